The summed E-state index contributed by atoms with van der Waals surface area (Å²) in [5.74, 6) is -0.915. The number of carboxylic acid groups (broad SMARTS) is 1. The first-order chi connectivity index (χ1) is 12.4. The maximum Gasteiger partial charge on any atom is 0.317 e. The van der Waals surface area contributed by atoms with Crippen LogP contribution in [0.5, 0.6) is 0 Å². The Balaban J connectivity index is 1.71. The number of ether oxygens (including phenoxy) is 1. The molecule has 1 fully saturated rings. The van der Waals surface area contributed by atoms with Crippen LogP contribution in [0.25, 0.3) is 0 Å². The largest absolute Gasteiger partial charge is 0.480 e. The van der Waals surface area contributed by atoms with Gasteiger partial charge in [-0.1, -0.05) is 6.07 Å². The van der Waals surface area contributed by atoms with Crippen LogP contribution in [-0.2, 0) is 32.4 Å². The summed E-state index contributed by atoms with van der Waals surface area (Å²) in [6.07, 6.45) is 3.89. The van der Waals surface area contributed by atoms with Gasteiger partial charge in [0.15, 0.2) is 0 Å². The standard InChI is InChI=1S/C18H26N2O5S/c1-19(13-18(21)22)11-16-12-20(8-9-25-16)26(23,24)17-7-6-14-4-2-3-5-15(14)10-17/h6-7,10,16H,2-5,8-9,11-13H2,1H3,(H,21,22). The van der Waals surface area contributed by atoms with Crippen molar-refractivity contribution in [3.8, 4) is 0 Å². The first kappa shape index (κ1) is 19.3. The predicted octanol–water partition coefficient (Wildman–Crippen LogP) is 0.971. The Kier molecular flexibility index (Phi) is 5.96. The van der Waals surface area contributed by atoms with E-state index in [1.807, 2.05) is 12.1 Å². The van der Waals surface area contributed by atoms with Gasteiger partial charge in [0.2, 0.25) is 10.0 Å². The zero-order chi connectivity index (χ0) is 18.7. The van der Waals surface area contributed by atoms with Gasteiger partial charge in [-0.3, -0.25) is 9.69 Å². The molecule has 3 rings (SSSR count). The zero-order valence-electron chi connectivity index (χ0n) is 15.1. The van der Waals surface area contributed by atoms with Crippen molar-refractivity contribution in [3.63, 3.8) is 0 Å². The summed E-state index contributed by atoms with van der Waals surface area (Å²) in [7, 11) is -1.88. The number of aliphatic carboxylic acids is 1. The maximum absolute atomic E-state index is 13.0. The molecule has 2 aliphatic rings. The molecular weight excluding hydrogens is 356 g/mol. The molecule has 8 heteroatoms. The van der Waals surface area contributed by atoms with Gasteiger partial charge in [0.1, 0.15) is 0 Å². The highest BCUT2D eigenvalue weighted by molar-refractivity contribution is 7.89. The minimum atomic E-state index is -3.57. The highest BCUT2D eigenvalue weighted by Gasteiger charge is 2.32. The fourth-order valence-corrected chi connectivity index (χ4v) is 5.19. The molecule has 144 valence electrons. The molecule has 0 bridgehead atoms. The number of likely N-dealkylation sites (N-methyl/N-ethyl adjacent to an activating group) is 1. The van der Waals surface area contributed by atoms with Gasteiger partial charge in [-0.25, -0.2) is 8.42 Å². The number of hydrogen-bond donors (Lipinski definition) is 1. The number of nitrogens with zero attached hydrogens (tertiary/aromatic N) is 2. The van der Waals surface area contributed by atoms with Crippen LogP contribution in [-0.4, -0.2) is 74.6 Å². The number of morpholine rings is 1. The highest BCUT2D eigenvalue weighted by atomic mass is 32.2. The van der Waals surface area contributed by atoms with E-state index in [1.165, 1.54) is 9.87 Å². The average Bonchev–Trinajstić information content (AvgIpc) is 2.60. The van der Waals surface area contributed by atoms with E-state index in [9.17, 15) is 13.2 Å². The molecule has 0 aromatic heterocycles. The van der Waals surface area contributed by atoms with E-state index in [0.717, 1.165) is 31.2 Å². The number of benzene rings is 1. The van der Waals surface area contributed by atoms with Crippen molar-refractivity contribution >= 4 is 16.0 Å². The van der Waals surface area contributed by atoms with Crippen molar-refractivity contribution in [2.24, 2.45) is 0 Å². The van der Waals surface area contributed by atoms with Gasteiger partial charge in [0, 0.05) is 19.6 Å². The first-order valence-corrected chi connectivity index (χ1v) is 10.4. The molecule has 1 atom stereocenters. The number of sulfonamides is 1. The Morgan fingerprint density at radius 2 is 2.04 bits per heavy atom. The molecule has 1 unspecified atom stereocenters. The van der Waals surface area contributed by atoms with Crippen LogP contribution in [0.15, 0.2) is 23.1 Å². The predicted molar refractivity (Wildman–Crippen MR) is 96.7 cm³/mol. The van der Waals surface area contributed by atoms with Crippen LogP contribution in [0.1, 0.15) is 24.0 Å². The average molecular weight is 382 g/mol. The Bertz CT molecular complexity index is 765. The van der Waals surface area contributed by atoms with Gasteiger partial charge in [-0.15, -0.1) is 0 Å². The zero-order valence-corrected chi connectivity index (χ0v) is 15.9. The van der Waals surface area contributed by atoms with E-state index >= 15 is 0 Å². The lowest BCUT2D eigenvalue weighted by molar-refractivity contribution is -0.138. The topological polar surface area (TPSA) is 87.2 Å². The minimum Gasteiger partial charge on any atom is -0.480 e. The maximum atomic E-state index is 13.0. The normalized spacial score (nSPS) is 21.5. The van der Waals surface area contributed by atoms with Crippen LogP contribution in [0.3, 0.4) is 0 Å². The second-order valence-electron chi connectivity index (χ2n) is 7.08. The lowest BCUT2D eigenvalue weighted by atomic mass is 9.92. The van der Waals surface area contributed by atoms with Crippen LogP contribution in [0.2, 0.25) is 0 Å². The van der Waals surface area contributed by atoms with Gasteiger partial charge in [0.05, 0.1) is 24.2 Å². The van der Waals surface area contributed by atoms with Crippen molar-refractivity contribution in [1.82, 2.24) is 9.21 Å². The minimum absolute atomic E-state index is 0.0998. The molecular formula is C18H26N2O5S. The van der Waals surface area contributed by atoms with Gasteiger partial charge in [-0.2, -0.15) is 4.31 Å². The second kappa shape index (κ2) is 8.04. The molecule has 0 saturated carbocycles. The van der Waals surface area contributed by atoms with E-state index < -0.39 is 16.0 Å². The Hall–Kier alpha value is -1.48. The van der Waals surface area contributed by atoms with Crippen LogP contribution in [0.4, 0.5) is 0 Å². The van der Waals surface area contributed by atoms with Crippen molar-refractivity contribution in [1.29, 1.82) is 0 Å². The SMILES string of the molecule is CN(CC(=O)O)CC1CN(S(=O)(=O)c2ccc3c(c2)CCCC3)CCO1. The monoisotopic (exact) mass is 382 g/mol. The molecule has 1 saturated heterocycles. The molecule has 1 aromatic rings. The molecule has 1 N–H and O–H groups in total. The Morgan fingerprint density at radius 3 is 2.77 bits per heavy atom. The summed E-state index contributed by atoms with van der Waals surface area (Å²) in [5.41, 5.74) is 2.40. The summed E-state index contributed by atoms with van der Waals surface area (Å²) in [4.78, 5) is 12.8. The Morgan fingerprint density at radius 1 is 1.31 bits per heavy atom. The number of hydrogen-bond acceptors (Lipinski definition) is 5. The lowest BCUT2D eigenvalue weighted by Gasteiger charge is -2.34. The molecule has 0 radical (unpaired) electrons. The van der Waals surface area contributed by atoms with Gasteiger partial charge in [-0.05, 0) is 56.0 Å². The number of fused-ring (bicyclic) bond motifs is 1. The van der Waals surface area contributed by atoms with Gasteiger partial charge < -0.3 is 9.84 Å². The lowest BCUT2D eigenvalue weighted by Crippen LogP contribution is -2.49. The number of rotatable bonds is 6. The molecule has 1 aliphatic heterocycles. The molecule has 26 heavy (non-hydrogen) atoms. The number of carbonyl (C=O) groups is 1. The first-order valence-electron chi connectivity index (χ1n) is 9.00. The van der Waals surface area contributed by atoms with Crippen molar-refractivity contribution in [2.75, 3.05) is 39.8 Å². The Labute approximate surface area is 154 Å². The third-order valence-corrected chi connectivity index (χ3v) is 6.84. The molecule has 0 spiro atoms. The van der Waals surface area contributed by atoms with E-state index in [-0.39, 0.29) is 19.2 Å². The van der Waals surface area contributed by atoms with E-state index in [0.29, 0.717) is 24.6 Å². The van der Waals surface area contributed by atoms with Crippen molar-refractivity contribution in [3.05, 3.63) is 29.3 Å². The molecule has 1 aliphatic carbocycles. The molecule has 1 aromatic carbocycles. The van der Waals surface area contributed by atoms with Crippen LogP contribution >= 0.6 is 0 Å². The summed E-state index contributed by atoms with van der Waals surface area (Å²) < 4.78 is 33.2. The van der Waals surface area contributed by atoms with E-state index in [4.69, 9.17) is 9.84 Å². The third kappa shape index (κ3) is 4.43. The van der Waals surface area contributed by atoms with Crippen LogP contribution in [0, 0.1) is 0 Å². The number of aryl methyl sites for hydroxylation is 2. The highest BCUT2D eigenvalue weighted by Crippen LogP contribution is 2.26. The van der Waals surface area contributed by atoms with Crippen molar-refractivity contribution < 1.29 is 23.1 Å². The van der Waals surface area contributed by atoms with E-state index in [1.54, 1.807) is 18.0 Å². The summed E-state index contributed by atoms with van der Waals surface area (Å²) in [6, 6.07) is 5.48. The summed E-state index contributed by atoms with van der Waals surface area (Å²) in [6.45, 7) is 1.15. The second-order valence-corrected chi connectivity index (χ2v) is 9.02. The van der Waals surface area contributed by atoms with E-state index in [2.05, 4.69) is 0 Å². The number of carboxylic acids is 1. The van der Waals surface area contributed by atoms with Crippen LogP contribution < -0.4 is 0 Å². The summed E-state index contributed by atoms with van der Waals surface area (Å²) in [5, 5.41) is 8.85. The van der Waals surface area contributed by atoms with Gasteiger partial charge >= 0.3 is 5.97 Å². The fourth-order valence-electron chi connectivity index (χ4n) is 3.68. The molecule has 0 amide bonds. The van der Waals surface area contributed by atoms with Gasteiger partial charge in [0.25, 0.3) is 0 Å². The molecule has 1 heterocycles. The summed E-state index contributed by atoms with van der Waals surface area (Å²) >= 11 is 0. The molecule has 7 nitrogen and oxygen atoms in total. The fraction of sp³-hybridized carbons (Fsp3) is 0.611. The van der Waals surface area contributed by atoms with Crippen molar-refractivity contribution in [2.45, 2.75) is 36.7 Å². The quantitative estimate of drug-likeness (QED) is 0.789. The smallest absolute Gasteiger partial charge is 0.317 e. The third-order valence-electron chi connectivity index (χ3n) is 4.98.